The minimum Gasteiger partial charge on any atom is -0.306 e. The second-order valence-corrected chi connectivity index (χ2v) is 2.69. The summed E-state index contributed by atoms with van der Waals surface area (Å²) in [5.74, 6) is 0. The first-order valence-electron chi connectivity index (χ1n) is 3.71. The number of rotatable bonds is 1. The van der Waals surface area contributed by atoms with Crippen LogP contribution in [-0.4, -0.2) is 15.7 Å². The predicted molar refractivity (Wildman–Crippen MR) is 45.3 cm³/mol. The monoisotopic (exact) mass is 160 g/mol. The van der Waals surface area contributed by atoms with Crippen LogP contribution in [0, 0.1) is 6.92 Å². The second kappa shape index (κ2) is 2.44. The van der Waals surface area contributed by atoms with E-state index in [0.29, 0.717) is 5.56 Å². The number of aromatic nitrogens is 2. The maximum Gasteiger partial charge on any atom is 0.153 e. The molecule has 0 saturated heterocycles. The van der Waals surface area contributed by atoms with Crippen LogP contribution < -0.4 is 0 Å². The molecule has 0 aliphatic carbocycles. The van der Waals surface area contributed by atoms with E-state index in [1.54, 1.807) is 6.07 Å². The molecular weight excluding hydrogens is 152 g/mol. The van der Waals surface area contributed by atoms with Gasteiger partial charge < -0.3 is 4.40 Å². The Bertz CT molecular complexity index is 431. The maximum absolute atomic E-state index is 10.6. The van der Waals surface area contributed by atoms with Gasteiger partial charge in [-0.15, -0.1) is 0 Å². The zero-order valence-corrected chi connectivity index (χ0v) is 6.69. The van der Waals surface area contributed by atoms with Crippen molar-refractivity contribution in [2.24, 2.45) is 0 Å². The molecule has 0 atom stereocenters. The van der Waals surface area contributed by atoms with E-state index in [-0.39, 0.29) is 0 Å². The topological polar surface area (TPSA) is 34.4 Å². The highest BCUT2D eigenvalue weighted by molar-refractivity contribution is 5.83. The number of fused-ring (bicyclic) bond motifs is 1. The summed E-state index contributed by atoms with van der Waals surface area (Å²) in [6.07, 6.45) is 4.59. The molecule has 0 amide bonds. The maximum atomic E-state index is 10.6. The molecule has 0 aliphatic heterocycles. The van der Waals surface area contributed by atoms with Gasteiger partial charge >= 0.3 is 0 Å². The minimum atomic E-state index is 0.630. The minimum absolute atomic E-state index is 0.630. The van der Waals surface area contributed by atoms with Gasteiger partial charge in [0.2, 0.25) is 0 Å². The average Bonchev–Trinajstić information content (AvgIpc) is 2.44. The average molecular weight is 160 g/mol. The fraction of sp³-hybridized carbons (Fsp3) is 0.111. The van der Waals surface area contributed by atoms with Gasteiger partial charge in [-0.3, -0.25) is 4.79 Å². The summed E-state index contributed by atoms with van der Waals surface area (Å²) < 4.78 is 1.85. The fourth-order valence-corrected chi connectivity index (χ4v) is 1.25. The lowest BCUT2D eigenvalue weighted by molar-refractivity contribution is 0.112. The lowest BCUT2D eigenvalue weighted by atomic mass is 10.3. The number of aldehydes is 1. The fourth-order valence-electron chi connectivity index (χ4n) is 1.25. The summed E-state index contributed by atoms with van der Waals surface area (Å²) >= 11 is 0. The third kappa shape index (κ3) is 0.906. The predicted octanol–water partition coefficient (Wildman–Crippen LogP) is 1.46. The van der Waals surface area contributed by atoms with Crippen LogP contribution in [0.15, 0.2) is 24.5 Å². The molecule has 3 heteroatoms. The Hall–Kier alpha value is -1.64. The molecule has 0 bridgehead atoms. The molecular formula is C9H8N2O. The number of pyridine rings is 1. The lowest BCUT2D eigenvalue weighted by Gasteiger charge is -1.93. The number of carbonyl (C=O) groups excluding carboxylic acids is 1. The van der Waals surface area contributed by atoms with Crippen molar-refractivity contribution in [2.75, 3.05) is 0 Å². The van der Waals surface area contributed by atoms with E-state index >= 15 is 0 Å². The zero-order valence-electron chi connectivity index (χ0n) is 6.69. The number of hydrogen-bond donors (Lipinski definition) is 0. The highest BCUT2D eigenvalue weighted by atomic mass is 16.1. The smallest absolute Gasteiger partial charge is 0.153 e. The Labute approximate surface area is 69.7 Å². The first-order chi connectivity index (χ1) is 5.81. The SMILES string of the molecule is Cc1cn2cccc(C=O)c2n1. The van der Waals surface area contributed by atoms with Crippen molar-refractivity contribution in [1.29, 1.82) is 0 Å². The van der Waals surface area contributed by atoms with Crippen LogP contribution in [0.25, 0.3) is 5.65 Å². The van der Waals surface area contributed by atoms with Crippen LogP contribution in [0.5, 0.6) is 0 Å². The van der Waals surface area contributed by atoms with Gasteiger partial charge in [0.05, 0.1) is 11.3 Å². The van der Waals surface area contributed by atoms with Gasteiger partial charge in [0.25, 0.3) is 0 Å². The van der Waals surface area contributed by atoms with E-state index in [1.807, 2.05) is 29.8 Å². The molecule has 2 heterocycles. The molecule has 0 fully saturated rings. The Balaban J connectivity index is 2.86. The van der Waals surface area contributed by atoms with Crippen LogP contribution in [-0.2, 0) is 0 Å². The first kappa shape index (κ1) is 7.03. The summed E-state index contributed by atoms with van der Waals surface area (Å²) in [5, 5.41) is 0. The van der Waals surface area contributed by atoms with Gasteiger partial charge in [0, 0.05) is 12.4 Å². The number of hydrogen-bond acceptors (Lipinski definition) is 2. The molecule has 0 saturated carbocycles. The van der Waals surface area contributed by atoms with Crippen molar-refractivity contribution in [2.45, 2.75) is 6.92 Å². The van der Waals surface area contributed by atoms with Gasteiger partial charge in [0.15, 0.2) is 6.29 Å². The van der Waals surface area contributed by atoms with Gasteiger partial charge in [0.1, 0.15) is 5.65 Å². The molecule has 0 radical (unpaired) electrons. The summed E-state index contributed by atoms with van der Waals surface area (Å²) in [4.78, 5) is 14.8. The summed E-state index contributed by atoms with van der Waals surface area (Å²) in [6.45, 7) is 1.90. The number of carbonyl (C=O) groups is 1. The highest BCUT2D eigenvalue weighted by Crippen LogP contribution is 2.07. The molecule has 60 valence electrons. The molecule has 2 aromatic heterocycles. The van der Waals surface area contributed by atoms with E-state index < -0.39 is 0 Å². The van der Waals surface area contributed by atoms with Crippen LogP contribution >= 0.6 is 0 Å². The summed E-state index contributed by atoms with van der Waals surface area (Å²) in [5.41, 5.74) is 2.28. The molecule has 0 spiro atoms. The molecule has 0 unspecified atom stereocenters. The summed E-state index contributed by atoms with van der Waals surface area (Å²) in [6, 6.07) is 3.59. The van der Waals surface area contributed by atoms with Crippen molar-refractivity contribution in [3.8, 4) is 0 Å². The van der Waals surface area contributed by atoms with Crippen molar-refractivity contribution in [3.05, 3.63) is 35.8 Å². The van der Waals surface area contributed by atoms with Crippen LogP contribution in [0.3, 0.4) is 0 Å². The van der Waals surface area contributed by atoms with Crippen LogP contribution in [0.2, 0.25) is 0 Å². The van der Waals surface area contributed by atoms with Crippen molar-refractivity contribution in [3.63, 3.8) is 0 Å². The Morgan fingerprint density at radius 2 is 2.42 bits per heavy atom. The van der Waals surface area contributed by atoms with Crippen LogP contribution in [0.1, 0.15) is 16.1 Å². The molecule has 0 aromatic carbocycles. The Morgan fingerprint density at radius 1 is 1.58 bits per heavy atom. The quantitative estimate of drug-likeness (QED) is 0.592. The van der Waals surface area contributed by atoms with E-state index in [0.717, 1.165) is 17.6 Å². The van der Waals surface area contributed by atoms with Crippen molar-refractivity contribution < 1.29 is 4.79 Å². The van der Waals surface area contributed by atoms with Gasteiger partial charge in [-0.1, -0.05) is 0 Å². The third-order valence-corrected chi connectivity index (χ3v) is 1.76. The first-order valence-corrected chi connectivity index (χ1v) is 3.71. The molecule has 0 aliphatic rings. The molecule has 2 rings (SSSR count). The normalized spacial score (nSPS) is 10.4. The van der Waals surface area contributed by atoms with E-state index in [1.165, 1.54) is 0 Å². The van der Waals surface area contributed by atoms with E-state index in [9.17, 15) is 4.79 Å². The van der Waals surface area contributed by atoms with Crippen LogP contribution in [0.4, 0.5) is 0 Å². The molecule has 2 aromatic rings. The molecule has 3 nitrogen and oxygen atoms in total. The Kier molecular flexibility index (Phi) is 1.43. The van der Waals surface area contributed by atoms with Crippen molar-refractivity contribution >= 4 is 11.9 Å². The van der Waals surface area contributed by atoms with Gasteiger partial charge in [-0.05, 0) is 19.1 Å². The number of nitrogens with zero attached hydrogens (tertiary/aromatic N) is 2. The summed E-state index contributed by atoms with van der Waals surface area (Å²) in [7, 11) is 0. The Morgan fingerprint density at radius 3 is 3.17 bits per heavy atom. The molecule has 0 N–H and O–H groups in total. The number of imidazole rings is 1. The zero-order chi connectivity index (χ0) is 8.55. The second-order valence-electron chi connectivity index (χ2n) is 2.69. The molecule has 12 heavy (non-hydrogen) atoms. The van der Waals surface area contributed by atoms with E-state index in [2.05, 4.69) is 4.98 Å². The van der Waals surface area contributed by atoms with Gasteiger partial charge in [-0.2, -0.15) is 0 Å². The third-order valence-electron chi connectivity index (χ3n) is 1.76. The highest BCUT2D eigenvalue weighted by Gasteiger charge is 2.01. The standard InChI is InChI=1S/C9H8N2O/c1-7-5-11-4-2-3-8(6-12)9(11)10-7/h2-6H,1H3. The van der Waals surface area contributed by atoms with Gasteiger partial charge in [-0.25, -0.2) is 4.98 Å². The number of aryl methyl sites for hydroxylation is 1. The van der Waals surface area contributed by atoms with Crippen molar-refractivity contribution in [1.82, 2.24) is 9.38 Å². The largest absolute Gasteiger partial charge is 0.306 e. The van der Waals surface area contributed by atoms with E-state index in [4.69, 9.17) is 0 Å². The lowest BCUT2D eigenvalue weighted by Crippen LogP contribution is -1.88.